The van der Waals surface area contributed by atoms with Crippen LogP contribution in [0.5, 0.6) is 0 Å². The van der Waals surface area contributed by atoms with Crippen molar-refractivity contribution < 1.29 is 4.42 Å². The van der Waals surface area contributed by atoms with Gasteiger partial charge in [0.15, 0.2) is 0 Å². The van der Waals surface area contributed by atoms with Gasteiger partial charge in [0, 0.05) is 10.8 Å². The summed E-state index contributed by atoms with van der Waals surface area (Å²) < 4.78 is 6.88. The molecule has 1 nitrogen and oxygen atoms in total. The highest BCUT2D eigenvalue weighted by atomic mass is 16.3. The molecule has 1 heterocycles. The second-order valence-electron chi connectivity index (χ2n) is 14.0. The Bertz CT molecular complexity index is 3380. The average molecular weight is 645 g/mol. The second-order valence-corrected chi connectivity index (χ2v) is 14.0. The first kappa shape index (κ1) is 27.2. The Hall–Kier alpha value is -6.70. The van der Waals surface area contributed by atoms with Crippen molar-refractivity contribution in [2.75, 3.05) is 0 Å². The standard InChI is InChI=1S/C50H28O/c1-2-10-34-27-45-44(24-33(34)9-1)50-43(39-21-19-32-17-16-30-12-7-13-31-20-23-40(39)48(32)47(30)31)26-36(28-46(50)51-45)42-25-35-11-4-6-15-38(35)49-37-14-5-3-8-29(37)18-22-41(42)49/h1-28H. The number of rotatable bonds is 2. The lowest BCUT2D eigenvalue weighted by Crippen LogP contribution is -1.90. The topological polar surface area (TPSA) is 13.1 Å². The summed E-state index contributed by atoms with van der Waals surface area (Å²) in [5.41, 5.74) is 6.59. The Morgan fingerprint density at radius 1 is 0.255 bits per heavy atom. The average Bonchev–Trinajstić information content (AvgIpc) is 3.55. The van der Waals surface area contributed by atoms with Crippen LogP contribution in [0.3, 0.4) is 0 Å². The van der Waals surface area contributed by atoms with Crippen LogP contribution in [-0.4, -0.2) is 0 Å². The van der Waals surface area contributed by atoms with E-state index in [1.807, 2.05) is 0 Å². The molecule has 0 unspecified atom stereocenters. The van der Waals surface area contributed by atoms with Gasteiger partial charge in [-0.25, -0.2) is 0 Å². The van der Waals surface area contributed by atoms with Crippen molar-refractivity contribution in [3.8, 4) is 22.3 Å². The van der Waals surface area contributed by atoms with Crippen molar-refractivity contribution in [1.29, 1.82) is 0 Å². The minimum Gasteiger partial charge on any atom is -0.456 e. The normalized spacial score (nSPS) is 12.3. The molecular weight excluding hydrogens is 617 g/mol. The van der Waals surface area contributed by atoms with Crippen LogP contribution in [-0.2, 0) is 0 Å². The van der Waals surface area contributed by atoms with Crippen molar-refractivity contribution >= 4 is 97.3 Å². The first-order chi connectivity index (χ1) is 25.3. The van der Waals surface area contributed by atoms with Crippen LogP contribution < -0.4 is 0 Å². The number of hydrogen-bond donors (Lipinski definition) is 0. The highest BCUT2D eigenvalue weighted by molar-refractivity contribution is 6.28. The molecule has 12 rings (SSSR count). The summed E-state index contributed by atoms with van der Waals surface area (Å²) in [6, 6.07) is 62.7. The summed E-state index contributed by atoms with van der Waals surface area (Å²) in [7, 11) is 0. The predicted octanol–water partition coefficient (Wildman–Crippen LogP) is 14.4. The molecule has 0 N–H and O–H groups in total. The lowest BCUT2D eigenvalue weighted by molar-refractivity contribution is 0.669. The van der Waals surface area contributed by atoms with E-state index >= 15 is 0 Å². The van der Waals surface area contributed by atoms with Crippen LogP contribution in [0, 0.1) is 0 Å². The SMILES string of the molecule is c1ccc2cc3c(cc2c1)oc1cc(-c2cc4ccccc4c4c2ccc2ccccc24)cc(-c2ccc4ccc5cccc6ccc2c4c56)c13. The van der Waals surface area contributed by atoms with Crippen LogP contribution >= 0.6 is 0 Å². The molecule has 0 radical (unpaired) electrons. The van der Waals surface area contributed by atoms with E-state index in [-0.39, 0.29) is 0 Å². The Labute approximate surface area is 292 Å². The van der Waals surface area contributed by atoms with E-state index in [1.54, 1.807) is 0 Å². The fourth-order valence-electron chi connectivity index (χ4n) is 9.04. The molecule has 0 aliphatic carbocycles. The van der Waals surface area contributed by atoms with Crippen LogP contribution in [0.2, 0.25) is 0 Å². The Kier molecular flexibility index (Phi) is 5.29. The van der Waals surface area contributed by atoms with Crippen molar-refractivity contribution in [3.05, 3.63) is 170 Å². The van der Waals surface area contributed by atoms with E-state index in [2.05, 4.69) is 170 Å². The van der Waals surface area contributed by atoms with Gasteiger partial charge in [0.1, 0.15) is 11.2 Å². The van der Waals surface area contributed by atoms with Gasteiger partial charge in [0.25, 0.3) is 0 Å². The summed E-state index contributed by atoms with van der Waals surface area (Å²) in [6.45, 7) is 0. The molecule has 0 amide bonds. The van der Waals surface area contributed by atoms with Gasteiger partial charge in [-0.2, -0.15) is 0 Å². The first-order valence-electron chi connectivity index (χ1n) is 17.7. The van der Waals surface area contributed by atoms with Crippen LogP contribution in [0.4, 0.5) is 0 Å². The third kappa shape index (κ3) is 3.75. The van der Waals surface area contributed by atoms with E-state index in [4.69, 9.17) is 4.42 Å². The molecule has 0 fully saturated rings. The van der Waals surface area contributed by atoms with E-state index in [0.717, 1.165) is 27.5 Å². The third-order valence-corrected chi connectivity index (χ3v) is 11.3. The van der Waals surface area contributed by atoms with Gasteiger partial charge in [-0.1, -0.05) is 140 Å². The molecule has 0 aliphatic heterocycles. The predicted molar refractivity (Wildman–Crippen MR) is 218 cm³/mol. The zero-order chi connectivity index (χ0) is 33.2. The summed E-state index contributed by atoms with van der Waals surface area (Å²) in [5, 5.41) is 20.0. The zero-order valence-corrected chi connectivity index (χ0v) is 27.6. The van der Waals surface area contributed by atoms with Gasteiger partial charge in [-0.3, -0.25) is 0 Å². The molecule has 0 aliphatic rings. The van der Waals surface area contributed by atoms with Gasteiger partial charge in [0.2, 0.25) is 0 Å². The molecule has 12 aromatic rings. The van der Waals surface area contributed by atoms with Crippen LogP contribution in [0.1, 0.15) is 0 Å². The largest absolute Gasteiger partial charge is 0.456 e. The highest BCUT2D eigenvalue weighted by Gasteiger charge is 2.21. The zero-order valence-electron chi connectivity index (χ0n) is 27.6. The maximum absolute atomic E-state index is 6.88. The molecule has 0 atom stereocenters. The molecule has 0 saturated heterocycles. The monoisotopic (exact) mass is 644 g/mol. The van der Waals surface area contributed by atoms with Crippen LogP contribution in [0.25, 0.3) is 120 Å². The molecular formula is C50H28O. The highest BCUT2D eigenvalue weighted by Crippen LogP contribution is 2.47. The van der Waals surface area contributed by atoms with Crippen LogP contribution in [0.15, 0.2) is 174 Å². The first-order valence-corrected chi connectivity index (χ1v) is 17.7. The number of hydrogen-bond acceptors (Lipinski definition) is 1. The quantitative estimate of drug-likeness (QED) is 0.171. The molecule has 0 saturated carbocycles. The van der Waals surface area contributed by atoms with E-state index in [1.165, 1.54) is 92.1 Å². The number of fused-ring (bicyclic) bond motifs is 9. The molecule has 234 valence electrons. The van der Waals surface area contributed by atoms with Crippen molar-refractivity contribution in [1.82, 2.24) is 0 Å². The van der Waals surface area contributed by atoms with Gasteiger partial charge >= 0.3 is 0 Å². The number of benzene rings is 11. The minimum atomic E-state index is 0.903. The summed E-state index contributed by atoms with van der Waals surface area (Å²) in [6.07, 6.45) is 0. The van der Waals surface area contributed by atoms with Gasteiger partial charge in [-0.05, 0) is 128 Å². The fourth-order valence-corrected chi connectivity index (χ4v) is 9.04. The lowest BCUT2D eigenvalue weighted by atomic mass is 9.86. The van der Waals surface area contributed by atoms with E-state index in [9.17, 15) is 0 Å². The summed E-state index contributed by atoms with van der Waals surface area (Å²) >= 11 is 0. The Morgan fingerprint density at radius 2 is 0.843 bits per heavy atom. The molecule has 0 bridgehead atoms. The smallest absolute Gasteiger partial charge is 0.136 e. The Balaban J connectivity index is 1.25. The number of furan rings is 1. The van der Waals surface area contributed by atoms with Crippen molar-refractivity contribution in [2.45, 2.75) is 0 Å². The summed E-state index contributed by atoms with van der Waals surface area (Å²) in [5.74, 6) is 0. The lowest BCUT2D eigenvalue weighted by Gasteiger charge is -2.17. The maximum atomic E-state index is 6.88. The second kappa shape index (κ2) is 9.94. The molecule has 1 heteroatoms. The molecule has 11 aromatic carbocycles. The van der Waals surface area contributed by atoms with Gasteiger partial charge in [0.05, 0.1) is 0 Å². The third-order valence-electron chi connectivity index (χ3n) is 11.3. The maximum Gasteiger partial charge on any atom is 0.136 e. The molecule has 51 heavy (non-hydrogen) atoms. The molecule has 1 aromatic heterocycles. The summed E-state index contributed by atoms with van der Waals surface area (Å²) in [4.78, 5) is 0. The van der Waals surface area contributed by atoms with Crippen molar-refractivity contribution in [3.63, 3.8) is 0 Å². The molecule has 0 spiro atoms. The minimum absolute atomic E-state index is 0.903. The van der Waals surface area contributed by atoms with E-state index in [0.29, 0.717) is 0 Å². The van der Waals surface area contributed by atoms with Gasteiger partial charge < -0.3 is 4.42 Å². The fraction of sp³-hybridized carbons (Fsp3) is 0. The van der Waals surface area contributed by atoms with E-state index < -0.39 is 0 Å². The van der Waals surface area contributed by atoms with Gasteiger partial charge in [-0.15, -0.1) is 0 Å². The van der Waals surface area contributed by atoms with Crippen molar-refractivity contribution in [2.24, 2.45) is 0 Å². The Morgan fingerprint density at radius 3 is 1.65 bits per heavy atom.